The third kappa shape index (κ3) is 3.69. The van der Waals surface area contributed by atoms with Gasteiger partial charge >= 0.3 is 0 Å². The van der Waals surface area contributed by atoms with Gasteiger partial charge < -0.3 is 9.53 Å². The molecule has 88 valence electrons. The Balaban J connectivity index is 2.54. The van der Waals surface area contributed by atoms with Gasteiger partial charge in [0.2, 0.25) is 0 Å². The fourth-order valence-electron chi connectivity index (χ4n) is 1.59. The summed E-state index contributed by atoms with van der Waals surface area (Å²) in [6.45, 7) is 8.45. The van der Waals surface area contributed by atoms with Crippen molar-refractivity contribution in [1.82, 2.24) is 0 Å². The van der Waals surface area contributed by atoms with Gasteiger partial charge in [-0.25, -0.2) is 0 Å². The van der Waals surface area contributed by atoms with Gasteiger partial charge in [0.25, 0.3) is 0 Å². The normalized spacial score (nSPS) is 10.2. The zero-order valence-electron chi connectivity index (χ0n) is 10.6. The van der Waals surface area contributed by atoms with Gasteiger partial charge in [-0.3, -0.25) is 0 Å². The van der Waals surface area contributed by atoms with Gasteiger partial charge in [0.05, 0.1) is 6.61 Å². The van der Waals surface area contributed by atoms with Crippen LogP contribution in [0.1, 0.15) is 36.5 Å². The van der Waals surface area contributed by atoms with E-state index in [1.165, 1.54) is 11.1 Å². The lowest BCUT2D eigenvalue weighted by Crippen LogP contribution is -2.02. The van der Waals surface area contributed by atoms with E-state index in [1.807, 2.05) is 6.92 Å². The Bertz CT molecular complexity index is 381. The van der Waals surface area contributed by atoms with Crippen molar-refractivity contribution < 1.29 is 9.53 Å². The summed E-state index contributed by atoms with van der Waals surface area (Å²) in [5, 5.41) is 0. The highest BCUT2D eigenvalue weighted by Crippen LogP contribution is 2.22. The number of ketones is 1. The van der Waals surface area contributed by atoms with Crippen LogP contribution in [0.15, 0.2) is 12.1 Å². The van der Waals surface area contributed by atoms with Crippen LogP contribution in [0.4, 0.5) is 0 Å². The van der Waals surface area contributed by atoms with Crippen LogP contribution in [0.3, 0.4) is 0 Å². The molecule has 0 amide bonds. The molecule has 0 radical (unpaired) electrons. The van der Waals surface area contributed by atoms with Gasteiger partial charge in [0, 0.05) is 6.42 Å². The van der Waals surface area contributed by atoms with E-state index in [9.17, 15) is 4.79 Å². The molecule has 2 heteroatoms. The largest absolute Gasteiger partial charge is 0.493 e. The van der Waals surface area contributed by atoms with Crippen LogP contribution in [-0.2, 0) is 4.79 Å². The Kier molecular flexibility index (Phi) is 4.53. The van der Waals surface area contributed by atoms with Crippen molar-refractivity contribution >= 4 is 5.78 Å². The minimum atomic E-state index is 0.223. The third-order valence-electron chi connectivity index (χ3n) is 2.72. The van der Waals surface area contributed by atoms with Crippen LogP contribution < -0.4 is 4.74 Å². The van der Waals surface area contributed by atoms with E-state index in [-0.39, 0.29) is 5.78 Å². The number of ether oxygens (including phenoxy) is 1. The maximum absolute atomic E-state index is 10.8. The molecule has 0 aliphatic rings. The second-order valence-electron chi connectivity index (χ2n) is 4.36. The molecule has 1 aromatic rings. The lowest BCUT2D eigenvalue weighted by Gasteiger charge is -2.11. The van der Waals surface area contributed by atoms with Crippen molar-refractivity contribution in [3.05, 3.63) is 28.8 Å². The Morgan fingerprint density at radius 3 is 2.38 bits per heavy atom. The van der Waals surface area contributed by atoms with Crippen molar-refractivity contribution in [1.29, 1.82) is 0 Å². The third-order valence-corrected chi connectivity index (χ3v) is 2.72. The smallest absolute Gasteiger partial charge is 0.129 e. The number of aryl methyl sites for hydroxylation is 3. The van der Waals surface area contributed by atoms with Gasteiger partial charge in [-0.1, -0.05) is 6.07 Å². The van der Waals surface area contributed by atoms with Crippen molar-refractivity contribution in [3.8, 4) is 5.75 Å². The van der Waals surface area contributed by atoms with E-state index in [2.05, 4.69) is 26.0 Å². The summed E-state index contributed by atoms with van der Waals surface area (Å²) in [6.07, 6.45) is 1.39. The molecule has 0 aliphatic heterocycles. The van der Waals surface area contributed by atoms with Crippen LogP contribution in [0.2, 0.25) is 0 Å². The predicted molar refractivity (Wildman–Crippen MR) is 66.1 cm³/mol. The van der Waals surface area contributed by atoms with E-state index in [1.54, 1.807) is 6.92 Å². The van der Waals surface area contributed by atoms with Gasteiger partial charge in [-0.15, -0.1) is 0 Å². The Labute approximate surface area is 97.6 Å². The highest BCUT2D eigenvalue weighted by atomic mass is 16.5. The minimum absolute atomic E-state index is 0.223. The molecule has 0 saturated carbocycles. The molecule has 2 nitrogen and oxygen atoms in total. The highest BCUT2D eigenvalue weighted by molar-refractivity contribution is 5.75. The lowest BCUT2D eigenvalue weighted by molar-refractivity contribution is -0.117. The van der Waals surface area contributed by atoms with Crippen LogP contribution in [0.5, 0.6) is 5.75 Å². The number of hydrogen-bond donors (Lipinski definition) is 0. The number of hydrogen-bond acceptors (Lipinski definition) is 2. The molecule has 0 heterocycles. The molecule has 16 heavy (non-hydrogen) atoms. The van der Waals surface area contributed by atoms with Crippen molar-refractivity contribution in [2.45, 2.75) is 40.5 Å². The molecule has 1 aromatic carbocycles. The quantitative estimate of drug-likeness (QED) is 0.711. The van der Waals surface area contributed by atoms with Crippen LogP contribution >= 0.6 is 0 Å². The zero-order valence-corrected chi connectivity index (χ0v) is 10.6. The maximum Gasteiger partial charge on any atom is 0.129 e. The number of carbonyl (C=O) groups is 1. The van der Waals surface area contributed by atoms with Gasteiger partial charge in [-0.05, 0) is 56.9 Å². The minimum Gasteiger partial charge on any atom is -0.493 e. The molecule has 0 N–H and O–H groups in total. The van der Waals surface area contributed by atoms with Crippen LogP contribution in [0.25, 0.3) is 0 Å². The van der Waals surface area contributed by atoms with Crippen molar-refractivity contribution in [2.24, 2.45) is 0 Å². The molecule has 1 rings (SSSR count). The Morgan fingerprint density at radius 1 is 1.12 bits per heavy atom. The van der Waals surface area contributed by atoms with Crippen molar-refractivity contribution in [3.63, 3.8) is 0 Å². The number of benzene rings is 1. The molecule has 0 saturated heterocycles. The molecule has 0 spiro atoms. The second kappa shape index (κ2) is 5.69. The molecule has 0 aliphatic carbocycles. The van der Waals surface area contributed by atoms with Crippen LogP contribution in [0, 0.1) is 20.8 Å². The molecular formula is C14H20O2. The SMILES string of the molecule is CC(=O)CCCOc1cc(C)c(C)cc1C. The molecule has 0 aromatic heterocycles. The molecule has 0 bridgehead atoms. The number of Topliss-reactive ketones (excluding diaryl/α,β-unsaturated/α-hetero) is 1. The Hall–Kier alpha value is -1.31. The number of rotatable bonds is 5. The summed E-state index contributed by atoms with van der Waals surface area (Å²) < 4.78 is 5.67. The molecular weight excluding hydrogens is 200 g/mol. The zero-order chi connectivity index (χ0) is 12.1. The lowest BCUT2D eigenvalue weighted by atomic mass is 10.1. The summed E-state index contributed by atoms with van der Waals surface area (Å²) in [5.41, 5.74) is 3.69. The van der Waals surface area contributed by atoms with E-state index in [4.69, 9.17) is 4.74 Å². The first-order chi connectivity index (χ1) is 7.50. The summed E-state index contributed by atoms with van der Waals surface area (Å²) in [5.74, 6) is 1.16. The Morgan fingerprint density at radius 2 is 1.75 bits per heavy atom. The van der Waals surface area contributed by atoms with Gasteiger partial charge in [0.1, 0.15) is 11.5 Å². The first-order valence-corrected chi connectivity index (χ1v) is 5.71. The molecule has 0 atom stereocenters. The van der Waals surface area contributed by atoms with E-state index >= 15 is 0 Å². The average Bonchev–Trinajstić information content (AvgIpc) is 2.19. The topological polar surface area (TPSA) is 26.3 Å². The van der Waals surface area contributed by atoms with Gasteiger partial charge in [0.15, 0.2) is 0 Å². The van der Waals surface area contributed by atoms with Crippen LogP contribution in [-0.4, -0.2) is 12.4 Å². The highest BCUT2D eigenvalue weighted by Gasteiger charge is 2.03. The monoisotopic (exact) mass is 220 g/mol. The maximum atomic E-state index is 10.8. The van der Waals surface area contributed by atoms with Gasteiger partial charge in [-0.2, -0.15) is 0 Å². The molecule has 0 unspecified atom stereocenters. The van der Waals surface area contributed by atoms with E-state index in [0.29, 0.717) is 13.0 Å². The summed E-state index contributed by atoms with van der Waals surface area (Å²) in [6, 6.07) is 4.20. The number of carbonyl (C=O) groups excluding carboxylic acids is 1. The molecule has 0 fully saturated rings. The fourth-order valence-corrected chi connectivity index (χ4v) is 1.59. The summed E-state index contributed by atoms with van der Waals surface area (Å²) in [7, 11) is 0. The first kappa shape index (κ1) is 12.8. The first-order valence-electron chi connectivity index (χ1n) is 5.71. The van der Waals surface area contributed by atoms with Crippen molar-refractivity contribution in [2.75, 3.05) is 6.61 Å². The predicted octanol–water partition coefficient (Wildman–Crippen LogP) is 3.36. The van der Waals surface area contributed by atoms with E-state index in [0.717, 1.165) is 17.7 Å². The summed E-state index contributed by atoms with van der Waals surface area (Å²) in [4.78, 5) is 10.8. The van der Waals surface area contributed by atoms with E-state index < -0.39 is 0 Å². The fraction of sp³-hybridized carbons (Fsp3) is 0.500. The second-order valence-corrected chi connectivity index (χ2v) is 4.36. The average molecular weight is 220 g/mol. The summed E-state index contributed by atoms with van der Waals surface area (Å²) >= 11 is 0. The standard InChI is InChI=1S/C14H20O2/c1-10-8-12(3)14(9-11(10)2)16-7-5-6-13(4)15/h8-9H,5-7H2,1-4H3.